The molecule has 0 saturated heterocycles. The van der Waals surface area contributed by atoms with Gasteiger partial charge < -0.3 is 15.3 Å². The van der Waals surface area contributed by atoms with Crippen molar-refractivity contribution in [1.82, 2.24) is 0 Å². The molecular formula is C18H32O4. The van der Waals surface area contributed by atoms with Crippen LogP contribution in [0.2, 0.25) is 0 Å². The Kier molecular flexibility index (Phi) is 14.0. The minimum absolute atomic E-state index is 0.322. The number of aliphatic hydroxyl groups excluding tert-OH is 2. The highest BCUT2D eigenvalue weighted by atomic mass is 16.4. The first-order valence-corrected chi connectivity index (χ1v) is 8.48. The smallest absolute Gasteiger partial charge is 0.328 e. The fraction of sp³-hybridized carbons (Fsp3) is 0.722. The van der Waals surface area contributed by atoms with Crippen LogP contribution in [0.5, 0.6) is 0 Å². The molecule has 0 aromatic rings. The first-order chi connectivity index (χ1) is 10.6. The van der Waals surface area contributed by atoms with Gasteiger partial charge >= 0.3 is 5.97 Å². The van der Waals surface area contributed by atoms with Gasteiger partial charge in [0.25, 0.3) is 0 Å². The molecule has 0 spiro atoms. The van der Waals surface area contributed by atoms with Crippen LogP contribution >= 0.6 is 0 Å². The molecule has 2 unspecified atom stereocenters. The van der Waals surface area contributed by atoms with E-state index < -0.39 is 12.1 Å². The highest BCUT2D eigenvalue weighted by molar-refractivity contribution is 5.80. The Bertz CT molecular complexity index is 323. The zero-order valence-corrected chi connectivity index (χ0v) is 13.8. The van der Waals surface area contributed by atoms with E-state index in [2.05, 4.69) is 6.92 Å². The van der Waals surface area contributed by atoms with Gasteiger partial charge in [0, 0.05) is 6.08 Å². The van der Waals surface area contributed by atoms with E-state index in [1.807, 2.05) is 0 Å². The average Bonchev–Trinajstić information content (AvgIpc) is 2.48. The maximum absolute atomic E-state index is 10.2. The van der Waals surface area contributed by atoms with Crippen LogP contribution in [-0.2, 0) is 4.79 Å². The molecule has 128 valence electrons. The van der Waals surface area contributed by atoms with Gasteiger partial charge in [-0.25, -0.2) is 4.79 Å². The van der Waals surface area contributed by atoms with Gasteiger partial charge in [0.05, 0.1) is 12.2 Å². The molecule has 4 heteroatoms. The van der Waals surface area contributed by atoms with Crippen LogP contribution in [0.1, 0.15) is 71.1 Å². The van der Waals surface area contributed by atoms with E-state index in [0.717, 1.165) is 18.9 Å². The van der Waals surface area contributed by atoms with Crippen molar-refractivity contribution in [3.63, 3.8) is 0 Å². The molecule has 4 nitrogen and oxygen atoms in total. The van der Waals surface area contributed by atoms with E-state index in [0.29, 0.717) is 19.3 Å². The van der Waals surface area contributed by atoms with Crippen molar-refractivity contribution in [2.24, 2.45) is 0 Å². The highest BCUT2D eigenvalue weighted by Gasteiger charge is 2.08. The molecular weight excluding hydrogens is 280 g/mol. The minimum atomic E-state index is -0.983. The van der Waals surface area contributed by atoms with Gasteiger partial charge in [0.15, 0.2) is 0 Å². The number of aliphatic hydroxyl groups is 2. The van der Waals surface area contributed by atoms with Crippen LogP contribution in [0, 0.1) is 0 Å². The van der Waals surface area contributed by atoms with Crippen LogP contribution in [0.3, 0.4) is 0 Å². The van der Waals surface area contributed by atoms with Crippen LogP contribution in [-0.4, -0.2) is 33.5 Å². The lowest BCUT2D eigenvalue weighted by Gasteiger charge is -2.13. The molecule has 0 heterocycles. The van der Waals surface area contributed by atoms with E-state index >= 15 is 0 Å². The number of carbonyl (C=O) groups is 1. The summed E-state index contributed by atoms with van der Waals surface area (Å²) in [6.45, 7) is 2.20. The second kappa shape index (κ2) is 14.8. The van der Waals surface area contributed by atoms with E-state index in [4.69, 9.17) is 5.11 Å². The Morgan fingerprint density at radius 3 is 2.23 bits per heavy atom. The third-order valence-electron chi connectivity index (χ3n) is 3.62. The molecule has 0 fully saturated rings. The molecule has 0 aromatic carbocycles. The number of carboxylic acid groups (broad SMARTS) is 1. The van der Waals surface area contributed by atoms with E-state index in [1.165, 1.54) is 38.2 Å². The molecule has 22 heavy (non-hydrogen) atoms. The number of allylic oxidation sites excluding steroid dienone is 2. The summed E-state index contributed by atoms with van der Waals surface area (Å²) in [7, 11) is 0. The van der Waals surface area contributed by atoms with Crippen LogP contribution in [0.4, 0.5) is 0 Å². The normalized spacial score (nSPS) is 14.7. The van der Waals surface area contributed by atoms with Crippen molar-refractivity contribution in [1.29, 1.82) is 0 Å². The Hall–Kier alpha value is -1.13. The number of rotatable bonds is 14. The number of hydrogen-bond acceptors (Lipinski definition) is 3. The number of hydrogen-bond donors (Lipinski definition) is 3. The van der Waals surface area contributed by atoms with Gasteiger partial charge in [0.1, 0.15) is 0 Å². The lowest BCUT2D eigenvalue weighted by molar-refractivity contribution is -0.131. The highest BCUT2D eigenvalue weighted by Crippen LogP contribution is 2.13. The fourth-order valence-electron chi connectivity index (χ4n) is 2.26. The Balaban J connectivity index is 3.55. The van der Waals surface area contributed by atoms with E-state index in [9.17, 15) is 15.0 Å². The topological polar surface area (TPSA) is 77.8 Å². The number of aliphatic carboxylic acids is 1. The van der Waals surface area contributed by atoms with Crippen molar-refractivity contribution < 1.29 is 20.1 Å². The lowest BCUT2D eigenvalue weighted by atomic mass is 10.0. The summed E-state index contributed by atoms with van der Waals surface area (Å²) < 4.78 is 0. The summed E-state index contributed by atoms with van der Waals surface area (Å²) in [4.78, 5) is 10.2. The SMILES string of the molecule is CCCCCCCCC(O)CCC(O)CC=CC=CC(=O)O. The maximum Gasteiger partial charge on any atom is 0.328 e. The van der Waals surface area contributed by atoms with Gasteiger partial charge in [-0.3, -0.25) is 0 Å². The number of unbranched alkanes of at least 4 members (excludes halogenated alkanes) is 5. The van der Waals surface area contributed by atoms with Crippen LogP contribution in [0.25, 0.3) is 0 Å². The Labute approximate surface area is 134 Å². The van der Waals surface area contributed by atoms with Crippen LogP contribution in [0.15, 0.2) is 24.3 Å². The van der Waals surface area contributed by atoms with Gasteiger partial charge in [-0.2, -0.15) is 0 Å². The summed E-state index contributed by atoms with van der Waals surface area (Å²) >= 11 is 0. The average molecular weight is 312 g/mol. The van der Waals surface area contributed by atoms with E-state index in [1.54, 1.807) is 12.2 Å². The largest absolute Gasteiger partial charge is 0.478 e. The van der Waals surface area contributed by atoms with Gasteiger partial charge in [-0.05, 0) is 25.7 Å². The summed E-state index contributed by atoms with van der Waals surface area (Å²) in [5, 5.41) is 28.0. The molecule has 0 radical (unpaired) electrons. The zero-order valence-electron chi connectivity index (χ0n) is 13.8. The zero-order chi connectivity index (χ0) is 16.6. The molecule has 0 aliphatic carbocycles. The maximum atomic E-state index is 10.2. The summed E-state index contributed by atoms with van der Waals surface area (Å²) in [6.07, 6.45) is 14.8. The van der Waals surface area contributed by atoms with Gasteiger partial charge in [0.2, 0.25) is 0 Å². The molecule has 0 aliphatic heterocycles. The molecule has 0 rings (SSSR count). The minimum Gasteiger partial charge on any atom is -0.478 e. The van der Waals surface area contributed by atoms with E-state index in [-0.39, 0.29) is 6.10 Å². The van der Waals surface area contributed by atoms with Gasteiger partial charge in [-0.1, -0.05) is 63.7 Å². The quantitative estimate of drug-likeness (QED) is 0.259. The standard InChI is InChI=1S/C18H32O4/c1-2-3-4-5-6-8-11-16(19)14-15-17(20)12-9-7-10-13-18(21)22/h7,9-10,13,16-17,19-20H,2-6,8,11-12,14-15H2,1H3,(H,21,22). The van der Waals surface area contributed by atoms with Crippen LogP contribution < -0.4 is 0 Å². The predicted molar refractivity (Wildman–Crippen MR) is 89.8 cm³/mol. The molecule has 3 N–H and O–H groups in total. The summed E-state index contributed by atoms with van der Waals surface area (Å²) in [5.41, 5.74) is 0. The van der Waals surface area contributed by atoms with Crippen molar-refractivity contribution in [3.8, 4) is 0 Å². The monoisotopic (exact) mass is 312 g/mol. The molecule has 0 saturated carbocycles. The molecule has 0 aromatic heterocycles. The van der Waals surface area contributed by atoms with Crippen molar-refractivity contribution in [2.75, 3.05) is 0 Å². The van der Waals surface area contributed by atoms with Crippen molar-refractivity contribution in [2.45, 2.75) is 83.3 Å². The molecule has 0 aliphatic rings. The van der Waals surface area contributed by atoms with Crippen molar-refractivity contribution >= 4 is 5.97 Å². The Morgan fingerprint density at radius 1 is 0.909 bits per heavy atom. The molecule has 0 amide bonds. The third-order valence-corrected chi connectivity index (χ3v) is 3.62. The number of carboxylic acids is 1. The summed E-state index contributed by atoms with van der Waals surface area (Å²) in [6, 6.07) is 0. The summed E-state index contributed by atoms with van der Waals surface area (Å²) in [5.74, 6) is -0.983. The second-order valence-electron chi connectivity index (χ2n) is 5.80. The van der Waals surface area contributed by atoms with Gasteiger partial charge in [-0.15, -0.1) is 0 Å². The molecule has 2 atom stereocenters. The first kappa shape index (κ1) is 20.9. The third kappa shape index (κ3) is 15.3. The first-order valence-electron chi connectivity index (χ1n) is 8.48. The molecule has 0 bridgehead atoms. The van der Waals surface area contributed by atoms with Crippen molar-refractivity contribution in [3.05, 3.63) is 24.3 Å². The second-order valence-corrected chi connectivity index (χ2v) is 5.80. The fourth-order valence-corrected chi connectivity index (χ4v) is 2.26. The Morgan fingerprint density at radius 2 is 1.55 bits per heavy atom. The lowest BCUT2D eigenvalue weighted by Crippen LogP contribution is -2.12. The predicted octanol–water partition coefficient (Wildman–Crippen LogP) is 3.83.